The van der Waals surface area contributed by atoms with Crippen LogP contribution >= 0.6 is 34.7 Å². The number of anilines is 2. The zero-order valence-electron chi connectivity index (χ0n) is 20.1. The Labute approximate surface area is 223 Å². The Bertz CT molecular complexity index is 1330. The number of carbonyl (C=O) groups is 1. The fourth-order valence-corrected chi connectivity index (χ4v) is 4.81. The molecular weight excluding hydrogens is 514 g/mol. The largest absolute Gasteiger partial charge is 0.452 e. The lowest BCUT2D eigenvalue weighted by atomic mass is 10.2. The lowest BCUT2D eigenvalue weighted by Gasteiger charge is -2.15. The minimum atomic E-state index is -0.193. The smallest absolute Gasteiger partial charge is 0.251 e. The second-order valence-electron chi connectivity index (χ2n) is 8.16. The molecule has 10 heteroatoms. The highest BCUT2D eigenvalue weighted by Crippen LogP contribution is 2.38. The normalized spacial score (nSPS) is 10.9. The maximum Gasteiger partial charge on any atom is 0.251 e. The molecule has 36 heavy (non-hydrogen) atoms. The molecule has 1 amide bonds. The van der Waals surface area contributed by atoms with Crippen molar-refractivity contribution in [2.24, 2.45) is 0 Å². The van der Waals surface area contributed by atoms with Crippen LogP contribution in [0.2, 0.25) is 5.02 Å². The van der Waals surface area contributed by atoms with Gasteiger partial charge in [0.05, 0.1) is 10.7 Å². The Hall–Kier alpha value is -3.11. The minimum Gasteiger partial charge on any atom is -0.452 e. The third-order valence-electron chi connectivity index (χ3n) is 4.91. The Morgan fingerprint density at radius 2 is 1.92 bits per heavy atom. The van der Waals surface area contributed by atoms with Crippen LogP contribution in [-0.2, 0) is 0 Å². The van der Waals surface area contributed by atoms with Crippen LogP contribution in [0.5, 0.6) is 11.5 Å². The van der Waals surface area contributed by atoms with E-state index in [4.69, 9.17) is 16.3 Å². The second-order valence-corrected chi connectivity index (χ2v) is 10.6. The molecule has 0 aliphatic carbocycles. The van der Waals surface area contributed by atoms with Gasteiger partial charge in [-0.15, -0.1) is 11.3 Å². The summed E-state index contributed by atoms with van der Waals surface area (Å²) < 4.78 is 6.25. The third-order valence-corrected chi connectivity index (χ3v) is 7.06. The number of aromatic nitrogens is 2. The summed E-state index contributed by atoms with van der Waals surface area (Å²) in [6, 6.07) is 16.9. The number of amides is 1. The van der Waals surface area contributed by atoms with Gasteiger partial charge in [-0.2, -0.15) is 0 Å². The van der Waals surface area contributed by atoms with Gasteiger partial charge in [0.25, 0.3) is 5.91 Å². The average molecular weight is 540 g/mol. The van der Waals surface area contributed by atoms with E-state index in [1.165, 1.54) is 11.3 Å². The number of halogens is 1. The molecule has 2 aromatic carbocycles. The van der Waals surface area contributed by atoms with Crippen molar-refractivity contribution in [1.29, 1.82) is 0 Å². The zero-order valence-corrected chi connectivity index (χ0v) is 22.5. The van der Waals surface area contributed by atoms with Crippen LogP contribution in [0.3, 0.4) is 0 Å². The number of hydrogen-bond acceptors (Lipinski definition) is 8. The summed E-state index contributed by atoms with van der Waals surface area (Å²) in [7, 11) is 3.91. The van der Waals surface area contributed by atoms with Crippen molar-refractivity contribution in [2.45, 2.75) is 16.7 Å². The van der Waals surface area contributed by atoms with Crippen molar-refractivity contribution < 1.29 is 9.53 Å². The standard InChI is InChI=1S/C26H26ClN5O2S2/c1-17-16-35-26(30-17)31-24-23(14-20(15-29-24)36-19-7-5-4-6-8-19)34-22-13-18(9-10-21(22)27)25(33)28-11-12-32(2)3/h4-10,13-16H,11-12H2,1-3H3,(H,28,33)(H,29,30,31). The van der Waals surface area contributed by atoms with Crippen LogP contribution in [0.1, 0.15) is 16.1 Å². The van der Waals surface area contributed by atoms with Gasteiger partial charge in [-0.25, -0.2) is 9.97 Å². The SMILES string of the molecule is Cc1csc(Nc2ncc(Sc3ccccc3)cc2Oc2cc(C(=O)NCCN(C)C)ccc2Cl)n1. The van der Waals surface area contributed by atoms with Gasteiger partial charge in [0.15, 0.2) is 16.7 Å². The number of carbonyl (C=O) groups excluding carboxylic acids is 1. The number of rotatable bonds is 10. The third kappa shape index (κ3) is 7.20. The number of hydrogen-bond donors (Lipinski definition) is 2. The summed E-state index contributed by atoms with van der Waals surface area (Å²) in [6.45, 7) is 3.21. The van der Waals surface area contributed by atoms with Crippen molar-refractivity contribution in [3.05, 3.63) is 82.5 Å². The highest BCUT2D eigenvalue weighted by molar-refractivity contribution is 7.99. The van der Waals surface area contributed by atoms with E-state index in [2.05, 4.69) is 20.6 Å². The van der Waals surface area contributed by atoms with E-state index in [0.29, 0.717) is 39.6 Å². The summed E-state index contributed by atoms with van der Waals surface area (Å²) in [5.41, 5.74) is 1.37. The van der Waals surface area contributed by atoms with Crippen LogP contribution in [0.25, 0.3) is 0 Å². The van der Waals surface area contributed by atoms with Gasteiger partial charge in [0.2, 0.25) is 0 Å². The van der Waals surface area contributed by atoms with Gasteiger partial charge in [-0.1, -0.05) is 41.6 Å². The van der Waals surface area contributed by atoms with Crippen LogP contribution in [0, 0.1) is 6.92 Å². The van der Waals surface area contributed by atoms with Gasteiger partial charge in [0.1, 0.15) is 5.75 Å². The van der Waals surface area contributed by atoms with E-state index in [1.54, 1.807) is 36.2 Å². The van der Waals surface area contributed by atoms with Crippen molar-refractivity contribution >= 4 is 51.6 Å². The number of thiazole rings is 1. The molecule has 0 fully saturated rings. The topological polar surface area (TPSA) is 79.4 Å². The van der Waals surface area contributed by atoms with Crippen LogP contribution in [0.15, 0.2) is 76.0 Å². The van der Waals surface area contributed by atoms with Crippen LogP contribution < -0.4 is 15.4 Å². The fourth-order valence-electron chi connectivity index (χ4n) is 3.13. The molecule has 0 aliphatic heterocycles. The number of benzene rings is 2. The summed E-state index contributed by atoms with van der Waals surface area (Å²) in [6.07, 6.45) is 1.78. The van der Waals surface area contributed by atoms with Crippen molar-refractivity contribution in [2.75, 3.05) is 32.5 Å². The summed E-state index contributed by atoms with van der Waals surface area (Å²) in [4.78, 5) is 25.7. The van der Waals surface area contributed by atoms with Gasteiger partial charge in [-0.3, -0.25) is 4.79 Å². The molecule has 0 spiro atoms. The molecule has 7 nitrogen and oxygen atoms in total. The first kappa shape index (κ1) is 26.0. The summed E-state index contributed by atoms with van der Waals surface area (Å²) in [5, 5.41) is 9.19. The number of nitrogens with zero attached hydrogens (tertiary/aromatic N) is 3. The van der Waals surface area contributed by atoms with E-state index in [-0.39, 0.29) is 5.91 Å². The summed E-state index contributed by atoms with van der Waals surface area (Å²) in [5.74, 6) is 1.13. The molecule has 0 saturated carbocycles. The molecule has 4 rings (SSSR count). The highest BCUT2D eigenvalue weighted by atomic mass is 35.5. The predicted molar refractivity (Wildman–Crippen MR) is 147 cm³/mol. The molecule has 0 saturated heterocycles. The minimum absolute atomic E-state index is 0.193. The lowest BCUT2D eigenvalue weighted by molar-refractivity contribution is 0.0950. The molecule has 4 aromatic rings. The Morgan fingerprint density at radius 3 is 2.64 bits per heavy atom. The van der Waals surface area contributed by atoms with Crippen LogP contribution in [0.4, 0.5) is 10.9 Å². The van der Waals surface area contributed by atoms with E-state index in [0.717, 1.165) is 22.0 Å². The molecule has 186 valence electrons. The van der Waals surface area contributed by atoms with E-state index >= 15 is 0 Å². The molecule has 2 N–H and O–H groups in total. The Morgan fingerprint density at radius 1 is 1.11 bits per heavy atom. The lowest BCUT2D eigenvalue weighted by Crippen LogP contribution is -2.31. The molecular formula is C26H26ClN5O2S2. The van der Waals surface area contributed by atoms with Crippen molar-refractivity contribution in [3.8, 4) is 11.5 Å². The summed E-state index contributed by atoms with van der Waals surface area (Å²) >= 11 is 9.51. The quantitative estimate of drug-likeness (QED) is 0.239. The highest BCUT2D eigenvalue weighted by Gasteiger charge is 2.15. The van der Waals surface area contributed by atoms with Gasteiger partial charge < -0.3 is 20.3 Å². The van der Waals surface area contributed by atoms with Crippen LogP contribution in [-0.4, -0.2) is 48.0 Å². The second kappa shape index (κ2) is 12.2. The van der Waals surface area contributed by atoms with E-state index in [1.807, 2.05) is 67.7 Å². The number of aryl methyl sites for hydroxylation is 1. The monoisotopic (exact) mass is 539 g/mol. The Kier molecular flexibility index (Phi) is 8.82. The molecule has 0 bridgehead atoms. The number of pyridine rings is 1. The molecule has 2 heterocycles. The maximum absolute atomic E-state index is 12.6. The first-order chi connectivity index (χ1) is 17.4. The number of nitrogens with one attached hydrogen (secondary N) is 2. The Balaban J connectivity index is 1.61. The fraction of sp³-hybridized carbons (Fsp3) is 0.192. The molecule has 0 atom stereocenters. The molecule has 0 unspecified atom stereocenters. The first-order valence-corrected chi connectivity index (χ1v) is 13.3. The van der Waals surface area contributed by atoms with Gasteiger partial charge in [0, 0.05) is 46.1 Å². The van der Waals surface area contributed by atoms with Crippen molar-refractivity contribution in [1.82, 2.24) is 20.2 Å². The van der Waals surface area contributed by atoms with E-state index < -0.39 is 0 Å². The predicted octanol–water partition coefficient (Wildman–Crippen LogP) is 6.48. The molecule has 0 aliphatic rings. The van der Waals surface area contributed by atoms with Gasteiger partial charge in [-0.05, 0) is 51.4 Å². The number of ether oxygens (including phenoxy) is 1. The average Bonchev–Trinajstić information content (AvgIpc) is 3.27. The zero-order chi connectivity index (χ0) is 25.5. The van der Waals surface area contributed by atoms with Crippen molar-refractivity contribution in [3.63, 3.8) is 0 Å². The van der Waals surface area contributed by atoms with Gasteiger partial charge >= 0.3 is 0 Å². The molecule has 0 radical (unpaired) electrons. The first-order valence-electron chi connectivity index (χ1n) is 11.2. The van der Waals surface area contributed by atoms with E-state index in [9.17, 15) is 4.79 Å². The maximum atomic E-state index is 12.6. The number of likely N-dealkylation sites (N-methyl/N-ethyl adjacent to an activating group) is 1. The molecule has 2 aromatic heterocycles.